The highest BCUT2D eigenvalue weighted by atomic mass is 19.4. The molecule has 138 valence electrons. The Hall–Kier alpha value is -2.09. The molecule has 2 rings (SSSR count). The molecule has 0 radical (unpaired) electrons. The van der Waals surface area contributed by atoms with Crippen molar-refractivity contribution in [3.8, 4) is 0 Å². The number of carbonyl (C=O) groups excluding carboxylic acids is 2. The fourth-order valence-electron chi connectivity index (χ4n) is 2.87. The zero-order valence-corrected chi connectivity index (χ0v) is 14.0. The molecule has 1 saturated heterocycles. The van der Waals surface area contributed by atoms with Crippen molar-refractivity contribution >= 4 is 17.6 Å². The third-order valence-electron chi connectivity index (χ3n) is 4.22. The molecule has 0 saturated carbocycles. The largest absolute Gasteiger partial charge is 0.466 e. The van der Waals surface area contributed by atoms with Crippen LogP contribution in [0.25, 0.3) is 0 Å². The molecule has 5 nitrogen and oxygen atoms in total. The van der Waals surface area contributed by atoms with Gasteiger partial charge in [-0.25, -0.2) is 0 Å². The van der Waals surface area contributed by atoms with Gasteiger partial charge in [0.25, 0.3) is 5.91 Å². The molecule has 0 aliphatic carbocycles. The molecular weight excluding hydrogens is 337 g/mol. The second-order valence-corrected chi connectivity index (χ2v) is 6.08. The fraction of sp³-hybridized carbons (Fsp3) is 0.529. The van der Waals surface area contributed by atoms with E-state index in [0.717, 1.165) is 17.0 Å². The van der Waals surface area contributed by atoms with Gasteiger partial charge in [0.2, 0.25) is 0 Å². The number of nitrogens with one attached hydrogen (secondary N) is 2. The number of ether oxygens (including phenoxy) is 1. The van der Waals surface area contributed by atoms with E-state index in [1.54, 1.807) is 6.92 Å². The van der Waals surface area contributed by atoms with Crippen molar-refractivity contribution in [1.29, 1.82) is 0 Å². The number of quaternary nitrogens is 1. The van der Waals surface area contributed by atoms with E-state index in [1.807, 2.05) is 0 Å². The van der Waals surface area contributed by atoms with Crippen molar-refractivity contribution in [3.63, 3.8) is 0 Å². The maximum Gasteiger partial charge on any atom is 0.416 e. The monoisotopic (exact) mass is 359 g/mol. The minimum atomic E-state index is -4.39. The Morgan fingerprint density at radius 2 is 1.80 bits per heavy atom. The summed E-state index contributed by atoms with van der Waals surface area (Å²) in [6.07, 6.45) is -3.06. The van der Waals surface area contributed by atoms with E-state index in [1.165, 1.54) is 12.1 Å². The summed E-state index contributed by atoms with van der Waals surface area (Å²) in [5, 5.41) is 2.60. The van der Waals surface area contributed by atoms with Crippen molar-refractivity contribution < 1.29 is 32.4 Å². The van der Waals surface area contributed by atoms with Gasteiger partial charge in [0.1, 0.15) is 0 Å². The highest BCUT2D eigenvalue weighted by Crippen LogP contribution is 2.29. The van der Waals surface area contributed by atoms with E-state index < -0.39 is 11.7 Å². The van der Waals surface area contributed by atoms with Crippen molar-refractivity contribution in [3.05, 3.63) is 29.8 Å². The van der Waals surface area contributed by atoms with Crippen LogP contribution in [-0.2, 0) is 20.5 Å². The fourth-order valence-corrected chi connectivity index (χ4v) is 2.87. The van der Waals surface area contributed by atoms with E-state index in [-0.39, 0.29) is 24.3 Å². The van der Waals surface area contributed by atoms with Gasteiger partial charge in [-0.3, -0.25) is 9.59 Å². The first kappa shape index (κ1) is 19.2. The van der Waals surface area contributed by atoms with Crippen LogP contribution in [0.5, 0.6) is 0 Å². The molecule has 8 heteroatoms. The van der Waals surface area contributed by atoms with E-state index >= 15 is 0 Å². The summed E-state index contributed by atoms with van der Waals surface area (Å²) >= 11 is 0. The Bertz CT molecular complexity index is 594. The zero-order valence-electron chi connectivity index (χ0n) is 14.0. The first-order valence-corrected chi connectivity index (χ1v) is 8.27. The normalized spacial score (nSPS) is 20.8. The van der Waals surface area contributed by atoms with Crippen molar-refractivity contribution in [1.82, 2.24) is 0 Å². The number of hydrogen-bond donors (Lipinski definition) is 2. The summed E-state index contributed by atoms with van der Waals surface area (Å²) in [5.41, 5.74) is -0.420. The number of rotatable bonds is 5. The number of carbonyl (C=O) groups is 2. The van der Waals surface area contributed by atoms with E-state index in [4.69, 9.17) is 4.74 Å². The standard InChI is InChI=1S/C17H21F3N2O3/c1-2-25-16(24)12-7-9-22(10-8-12)11-15(23)21-14-5-3-13(4-6-14)17(18,19)20/h3-6,12H,2,7-11H2,1H3,(H,21,23)/p+1. The van der Waals surface area contributed by atoms with Crippen LogP contribution in [0.1, 0.15) is 25.3 Å². The molecule has 1 aliphatic heterocycles. The molecule has 25 heavy (non-hydrogen) atoms. The molecule has 0 atom stereocenters. The van der Waals surface area contributed by atoms with Crippen LogP contribution in [0, 0.1) is 5.92 Å². The number of likely N-dealkylation sites (tertiary alicyclic amines) is 1. The summed E-state index contributed by atoms with van der Waals surface area (Å²) < 4.78 is 42.5. The predicted octanol–water partition coefficient (Wildman–Crippen LogP) is 1.50. The number of hydrogen-bond acceptors (Lipinski definition) is 3. The van der Waals surface area contributed by atoms with Gasteiger partial charge in [-0.1, -0.05) is 0 Å². The molecule has 1 aliphatic rings. The predicted molar refractivity (Wildman–Crippen MR) is 85.0 cm³/mol. The molecular formula is C17H22F3N2O3+. The molecule has 2 N–H and O–H groups in total. The first-order chi connectivity index (χ1) is 11.8. The van der Waals surface area contributed by atoms with Crippen LogP contribution in [0.2, 0.25) is 0 Å². The SMILES string of the molecule is CCOC(=O)C1CC[NH+](CC(=O)Nc2ccc(C(F)(F)F)cc2)CC1. The minimum absolute atomic E-state index is 0.110. The lowest BCUT2D eigenvalue weighted by Crippen LogP contribution is -3.14. The average Bonchev–Trinajstić information content (AvgIpc) is 2.55. The summed E-state index contributed by atoms with van der Waals surface area (Å²) in [5.74, 6) is -0.554. The number of alkyl halides is 3. The van der Waals surface area contributed by atoms with Crippen LogP contribution >= 0.6 is 0 Å². The van der Waals surface area contributed by atoms with Gasteiger partial charge >= 0.3 is 12.1 Å². The first-order valence-electron chi connectivity index (χ1n) is 8.27. The Kier molecular flexibility index (Phi) is 6.41. The molecule has 1 aromatic carbocycles. The summed E-state index contributed by atoms with van der Waals surface area (Å²) in [7, 11) is 0. The van der Waals surface area contributed by atoms with Crippen LogP contribution < -0.4 is 10.2 Å². The van der Waals surface area contributed by atoms with E-state index in [9.17, 15) is 22.8 Å². The number of benzene rings is 1. The number of halogens is 3. The quantitative estimate of drug-likeness (QED) is 0.784. The third-order valence-corrected chi connectivity index (χ3v) is 4.22. The smallest absolute Gasteiger partial charge is 0.416 e. The topological polar surface area (TPSA) is 59.8 Å². The Labute approximate surface area is 144 Å². The highest BCUT2D eigenvalue weighted by Gasteiger charge is 2.31. The summed E-state index contributed by atoms with van der Waals surface area (Å²) in [4.78, 5) is 24.8. The molecule has 0 spiro atoms. The maximum atomic E-state index is 12.5. The number of anilines is 1. The van der Waals surface area contributed by atoms with E-state index in [2.05, 4.69) is 5.32 Å². The van der Waals surface area contributed by atoms with Gasteiger partial charge in [0, 0.05) is 18.5 Å². The van der Waals surface area contributed by atoms with Gasteiger partial charge in [-0.15, -0.1) is 0 Å². The Morgan fingerprint density at radius 3 is 2.32 bits per heavy atom. The number of amides is 1. The second kappa shape index (κ2) is 8.33. The van der Waals surface area contributed by atoms with Gasteiger partial charge < -0.3 is 15.0 Å². The number of esters is 1. The zero-order chi connectivity index (χ0) is 18.4. The van der Waals surface area contributed by atoms with Gasteiger partial charge in [-0.05, 0) is 31.2 Å². The molecule has 1 aromatic rings. The van der Waals surface area contributed by atoms with Crippen molar-refractivity contribution in [2.45, 2.75) is 25.9 Å². The Balaban J connectivity index is 1.78. The lowest BCUT2D eigenvalue weighted by molar-refractivity contribution is -0.897. The molecule has 0 unspecified atom stereocenters. The summed E-state index contributed by atoms with van der Waals surface area (Å²) in [6, 6.07) is 4.35. The summed E-state index contributed by atoms with van der Waals surface area (Å²) in [6.45, 7) is 3.72. The van der Waals surface area contributed by atoms with Gasteiger partial charge in [-0.2, -0.15) is 13.2 Å². The highest BCUT2D eigenvalue weighted by molar-refractivity contribution is 5.91. The maximum absolute atomic E-state index is 12.5. The van der Waals surface area contributed by atoms with Gasteiger partial charge in [0.05, 0.1) is 31.2 Å². The Morgan fingerprint density at radius 1 is 1.20 bits per heavy atom. The van der Waals surface area contributed by atoms with Gasteiger partial charge in [0.15, 0.2) is 6.54 Å². The lowest BCUT2D eigenvalue weighted by atomic mass is 9.97. The second-order valence-electron chi connectivity index (χ2n) is 6.08. The van der Waals surface area contributed by atoms with Crippen molar-refractivity contribution in [2.24, 2.45) is 5.92 Å². The van der Waals surface area contributed by atoms with E-state index in [0.29, 0.717) is 38.2 Å². The van der Waals surface area contributed by atoms with Crippen molar-refractivity contribution in [2.75, 3.05) is 31.6 Å². The molecule has 1 amide bonds. The van der Waals surface area contributed by atoms with Crippen LogP contribution in [0.3, 0.4) is 0 Å². The van der Waals surface area contributed by atoms with Crippen LogP contribution in [-0.4, -0.2) is 38.1 Å². The lowest BCUT2D eigenvalue weighted by Gasteiger charge is -2.27. The third kappa shape index (κ3) is 5.74. The molecule has 0 bridgehead atoms. The minimum Gasteiger partial charge on any atom is -0.466 e. The molecule has 1 heterocycles. The van der Waals surface area contributed by atoms with Crippen LogP contribution in [0.15, 0.2) is 24.3 Å². The number of piperidine rings is 1. The molecule has 1 fully saturated rings. The molecule has 0 aromatic heterocycles. The van der Waals surface area contributed by atoms with Crippen LogP contribution in [0.4, 0.5) is 18.9 Å². The average molecular weight is 359 g/mol.